The fourth-order valence-corrected chi connectivity index (χ4v) is 3.40. The molecule has 0 aromatic carbocycles. The fourth-order valence-electron chi connectivity index (χ4n) is 3.19. The maximum absolute atomic E-state index is 13.1. The molecule has 1 aliphatic heterocycles. The van der Waals surface area contributed by atoms with Gasteiger partial charge < -0.3 is 15.0 Å². The van der Waals surface area contributed by atoms with E-state index in [9.17, 15) is 14.0 Å². The molecule has 0 radical (unpaired) electrons. The van der Waals surface area contributed by atoms with Gasteiger partial charge in [-0.15, -0.1) is 0 Å². The second-order valence-corrected chi connectivity index (χ2v) is 6.63. The van der Waals surface area contributed by atoms with Gasteiger partial charge in [0.2, 0.25) is 0 Å². The average molecular weight is 359 g/mol. The van der Waals surface area contributed by atoms with Crippen LogP contribution in [-0.4, -0.2) is 47.7 Å². The lowest BCUT2D eigenvalue weighted by molar-refractivity contribution is 0.100. The number of alkyl carbamates (subject to hydrolysis) is 1. The van der Waals surface area contributed by atoms with Gasteiger partial charge in [-0.05, 0) is 25.7 Å². The summed E-state index contributed by atoms with van der Waals surface area (Å²) in [6.07, 6.45) is 2.87. The predicted octanol–water partition coefficient (Wildman–Crippen LogP) is 2.01. The number of rotatable bonds is 3. The van der Waals surface area contributed by atoms with Crippen molar-refractivity contribution in [3.63, 3.8) is 0 Å². The van der Waals surface area contributed by atoms with Gasteiger partial charge in [-0.25, -0.2) is 14.3 Å². The number of carbonyl (C=O) groups excluding carboxylic acids is 1. The van der Waals surface area contributed by atoms with Crippen molar-refractivity contribution in [2.45, 2.75) is 50.4 Å². The summed E-state index contributed by atoms with van der Waals surface area (Å²) >= 11 is 5.99. The number of nitrogens with one attached hydrogen (secondary N) is 2. The molecule has 7 nitrogen and oxygen atoms in total. The molecule has 1 atom stereocenters. The minimum absolute atomic E-state index is 0.0201. The Morgan fingerprint density at radius 2 is 2.12 bits per heavy atom. The zero-order chi connectivity index (χ0) is 17.1. The standard InChI is InChI=1S/C15H20ClFN4O3/c16-13-12(7-18-20-14(13)22)21-6-5-11(8-21)24-15(23)19-10-3-1-9(17)2-4-10/h7,9-11H,1-6,8H2,(H,19,23)(H,20,22)/t9?,10?,11-/m1/s1. The number of H-pyrrole nitrogens is 1. The van der Waals surface area contributed by atoms with E-state index in [0.29, 0.717) is 50.9 Å². The maximum Gasteiger partial charge on any atom is 0.407 e. The summed E-state index contributed by atoms with van der Waals surface area (Å²) in [5.74, 6) is 0. The van der Waals surface area contributed by atoms with E-state index in [1.54, 1.807) is 0 Å². The van der Waals surface area contributed by atoms with Crippen molar-refractivity contribution in [1.29, 1.82) is 0 Å². The SMILES string of the molecule is O=C(NC1CCC(F)CC1)O[C@@H]1CCN(c2cn[nH]c(=O)c2Cl)C1. The van der Waals surface area contributed by atoms with Gasteiger partial charge in [-0.2, -0.15) is 5.10 Å². The van der Waals surface area contributed by atoms with Gasteiger partial charge in [-0.1, -0.05) is 11.6 Å². The Labute approximate surface area is 143 Å². The highest BCUT2D eigenvalue weighted by atomic mass is 35.5. The van der Waals surface area contributed by atoms with Gasteiger partial charge in [0.05, 0.1) is 18.4 Å². The van der Waals surface area contributed by atoms with Crippen LogP contribution in [0.25, 0.3) is 0 Å². The van der Waals surface area contributed by atoms with Crippen molar-refractivity contribution in [3.8, 4) is 0 Å². The number of hydrogen-bond acceptors (Lipinski definition) is 5. The highest BCUT2D eigenvalue weighted by Crippen LogP contribution is 2.26. The number of alkyl halides is 1. The lowest BCUT2D eigenvalue weighted by atomic mass is 9.94. The van der Waals surface area contributed by atoms with E-state index in [1.807, 2.05) is 4.90 Å². The summed E-state index contributed by atoms with van der Waals surface area (Å²) in [6.45, 7) is 1.07. The summed E-state index contributed by atoms with van der Waals surface area (Å²) in [5, 5.41) is 8.90. The van der Waals surface area contributed by atoms with Crippen LogP contribution in [-0.2, 0) is 4.74 Å². The zero-order valence-corrected chi connectivity index (χ0v) is 13.9. The number of ether oxygens (including phenoxy) is 1. The Kier molecular flexibility index (Phi) is 5.23. The van der Waals surface area contributed by atoms with E-state index in [1.165, 1.54) is 6.20 Å². The van der Waals surface area contributed by atoms with E-state index in [2.05, 4.69) is 15.5 Å². The van der Waals surface area contributed by atoms with Crippen molar-refractivity contribution in [3.05, 3.63) is 21.6 Å². The van der Waals surface area contributed by atoms with Crippen LogP contribution in [0, 0.1) is 0 Å². The van der Waals surface area contributed by atoms with Gasteiger partial charge in [0.15, 0.2) is 0 Å². The molecule has 1 aromatic rings. The number of halogens is 2. The minimum atomic E-state index is -0.755. The third-order valence-corrected chi connectivity index (χ3v) is 4.88. The van der Waals surface area contributed by atoms with Crippen LogP contribution < -0.4 is 15.8 Å². The topological polar surface area (TPSA) is 87.3 Å². The quantitative estimate of drug-likeness (QED) is 0.863. The van der Waals surface area contributed by atoms with Crippen molar-refractivity contribution in [2.24, 2.45) is 0 Å². The highest BCUT2D eigenvalue weighted by molar-refractivity contribution is 6.33. The molecule has 9 heteroatoms. The van der Waals surface area contributed by atoms with Gasteiger partial charge in [0.1, 0.15) is 17.3 Å². The molecule has 24 heavy (non-hydrogen) atoms. The molecule has 1 saturated carbocycles. The van der Waals surface area contributed by atoms with E-state index in [0.717, 1.165) is 0 Å². The zero-order valence-electron chi connectivity index (χ0n) is 13.1. The van der Waals surface area contributed by atoms with E-state index in [-0.39, 0.29) is 17.2 Å². The molecule has 2 aliphatic rings. The first-order chi connectivity index (χ1) is 11.5. The molecular formula is C15H20ClFN4O3. The van der Waals surface area contributed by atoms with Gasteiger partial charge >= 0.3 is 6.09 Å². The summed E-state index contributed by atoms with van der Waals surface area (Å²) in [4.78, 5) is 25.3. The molecule has 1 amide bonds. The Hall–Kier alpha value is -1.83. The highest BCUT2D eigenvalue weighted by Gasteiger charge is 2.29. The van der Waals surface area contributed by atoms with Crippen LogP contribution in [0.5, 0.6) is 0 Å². The molecule has 1 aromatic heterocycles. The monoisotopic (exact) mass is 358 g/mol. The number of aromatic amines is 1. The van der Waals surface area contributed by atoms with Crippen molar-refractivity contribution >= 4 is 23.4 Å². The first-order valence-corrected chi connectivity index (χ1v) is 8.50. The smallest absolute Gasteiger partial charge is 0.407 e. The Bertz CT molecular complexity index is 648. The Morgan fingerprint density at radius 3 is 2.88 bits per heavy atom. The normalized spacial score (nSPS) is 27.1. The first kappa shape index (κ1) is 17.0. The van der Waals surface area contributed by atoms with Crippen LogP contribution in [0.3, 0.4) is 0 Å². The molecule has 1 aliphatic carbocycles. The Balaban J connectivity index is 1.50. The number of anilines is 1. The van der Waals surface area contributed by atoms with Gasteiger partial charge in [0.25, 0.3) is 5.56 Å². The van der Waals surface area contributed by atoms with E-state index >= 15 is 0 Å². The fraction of sp³-hybridized carbons (Fsp3) is 0.667. The van der Waals surface area contributed by atoms with Crippen LogP contribution >= 0.6 is 11.6 Å². The molecule has 2 heterocycles. The number of nitrogens with zero attached hydrogens (tertiary/aromatic N) is 2. The summed E-state index contributed by atoms with van der Waals surface area (Å²) in [7, 11) is 0. The number of carbonyl (C=O) groups is 1. The molecule has 0 spiro atoms. The van der Waals surface area contributed by atoms with Crippen LogP contribution in [0.4, 0.5) is 14.9 Å². The molecule has 0 unspecified atom stereocenters. The Morgan fingerprint density at radius 1 is 1.38 bits per heavy atom. The van der Waals surface area contributed by atoms with Crippen molar-refractivity contribution < 1.29 is 13.9 Å². The summed E-state index contributed by atoms with van der Waals surface area (Å²) < 4.78 is 18.5. The van der Waals surface area contributed by atoms with E-state index < -0.39 is 17.8 Å². The van der Waals surface area contributed by atoms with Gasteiger partial charge in [0, 0.05) is 19.0 Å². The largest absolute Gasteiger partial charge is 0.444 e. The number of amides is 1. The number of aromatic nitrogens is 2. The van der Waals surface area contributed by atoms with Crippen LogP contribution in [0.2, 0.25) is 5.02 Å². The molecule has 0 bridgehead atoms. The third kappa shape index (κ3) is 3.98. The molecule has 3 rings (SSSR count). The second kappa shape index (κ2) is 7.38. The molecule has 1 saturated heterocycles. The van der Waals surface area contributed by atoms with Crippen LogP contribution in [0.1, 0.15) is 32.1 Å². The van der Waals surface area contributed by atoms with Crippen molar-refractivity contribution in [2.75, 3.05) is 18.0 Å². The van der Waals surface area contributed by atoms with Crippen LogP contribution in [0.15, 0.2) is 11.0 Å². The summed E-state index contributed by atoms with van der Waals surface area (Å²) in [6, 6.07) is -0.0201. The third-order valence-electron chi connectivity index (χ3n) is 4.52. The lowest BCUT2D eigenvalue weighted by Crippen LogP contribution is -2.40. The predicted molar refractivity (Wildman–Crippen MR) is 87.3 cm³/mol. The molecular weight excluding hydrogens is 339 g/mol. The number of hydrogen-bond donors (Lipinski definition) is 2. The first-order valence-electron chi connectivity index (χ1n) is 8.12. The molecule has 2 fully saturated rings. The average Bonchev–Trinajstić information content (AvgIpc) is 3.00. The summed E-state index contributed by atoms with van der Waals surface area (Å²) in [5.41, 5.74) is 0.0907. The minimum Gasteiger partial charge on any atom is -0.444 e. The van der Waals surface area contributed by atoms with Crippen molar-refractivity contribution in [1.82, 2.24) is 15.5 Å². The molecule has 132 valence electrons. The second-order valence-electron chi connectivity index (χ2n) is 6.25. The lowest BCUT2D eigenvalue weighted by Gasteiger charge is -2.25. The van der Waals surface area contributed by atoms with E-state index in [4.69, 9.17) is 16.3 Å². The molecule has 2 N–H and O–H groups in total. The maximum atomic E-state index is 13.1. The van der Waals surface area contributed by atoms with Gasteiger partial charge in [-0.3, -0.25) is 4.79 Å².